The fourth-order valence-corrected chi connectivity index (χ4v) is 3.68. The molecular weight excluding hydrogens is 257 g/mol. The molecule has 2 aliphatic rings. The number of anilines is 1. The second-order valence-corrected chi connectivity index (χ2v) is 6.24. The topological polar surface area (TPSA) is 40.5 Å². The minimum atomic E-state index is -1.05. The fraction of sp³-hybridized carbons (Fsp3) is 0.562. The van der Waals surface area contributed by atoms with Gasteiger partial charge in [0, 0.05) is 18.5 Å². The van der Waals surface area contributed by atoms with Crippen LogP contribution in [0.2, 0.25) is 0 Å². The van der Waals surface area contributed by atoms with Crippen LogP contribution < -0.4 is 4.90 Å². The van der Waals surface area contributed by atoms with Gasteiger partial charge in [0.15, 0.2) is 0 Å². The highest BCUT2D eigenvalue weighted by Gasteiger charge is 2.43. The lowest BCUT2D eigenvalue weighted by atomic mass is 9.73. The summed E-state index contributed by atoms with van der Waals surface area (Å²) in [6.07, 6.45) is 7.68. The molecule has 3 nitrogen and oxygen atoms in total. The van der Waals surface area contributed by atoms with E-state index in [4.69, 9.17) is 0 Å². The summed E-state index contributed by atoms with van der Waals surface area (Å²) in [5.41, 5.74) is 1.11. The van der Waals surface area contributed by atoms with Crippen LogP contribution >= 0.6 is 0 Å². The van der Waals surface area contributed by atoms with Crippen LogP contribution in [-0.4, -0.2) is 24.2 Å². The molecule has 0 atom stereocenters. The molecule has 1 spiro atoms. The molecule has 0 radical (unpaired) electrons. The van der Waals surface area contributed by atoms with Crippen LogP contribution in [0.3, 0.4) is 0 Å². The first-order valence-electron chi connectivity index (χ1n) is 7.38. The predicted molar refractivity (Wildman–Crippen MR) is 75.7 cm³/mol. The standard InChI is InChI=1S/C16H20FNO2/c17-12-5-6-14(13(9-12)15(19)20)18-10-16(11-18)7-3-1-2-4-8-16/h5-6,9H,1-4,7-8,10-11H2,(H,19,20). The Morgan fingerprint density at radius 2 is 1.80 bits per heavy atom. The molecule has 1 N–H and O–H groups in total. The van der Waals surface area contributed by atoms with Crippen molar-refractivity contribution in [2.75, 3.05) is 18.0 Å². The maximum Gasteiger partial charge on any atom is 0.337 e. The summed E-state index contributed by atoms with van der Waals surface area (Å²) in [5, 5.41) is 9.21. The minimum Gasteiger partial charge on any atom is -0.478 e. The molecule has 3 rings (SSSR count). The van der Waals surface area contributed by atoms with Gasteiger partial charge in [-0.1, -0.05) is 25.7 Å². The molecule has 0 aromatic heterocycles. The number of benzene rings is 1. The van der Waals surface area contributed by atoms with Gasteiger partial charge in [0.05, 0.1) is 11.3 Å². The van der Waals surface area contributed by atoms with E-state index in [-0.39, 0.29) is 5.56 Å². The molecule has 0 bridgehead atoms. The Morgan fingerprint density at radius 1 is 1.15 bits per heavy atom. The van der Waals surface area contributed by atoms with Gasteiger partial charge in [-0.15, -0.1) is 0 Å². The van der Waals surface area contributed by atoms with Gasteiger partial charge < -0.3 is 10.0 Å². The van der Waals surface area contributed by atoms with E-state index in [0.29, 0.717) is 11.1 Å². The third kappa shape index (κ3) is 2.39. The summed E-state index contributed by atoms with van der Waals surface area (Å²) in [5.74, 6) is -1.54. The van der Waals surface area contributed by atoms with Crippen LogP contribution in [0.25, 0.3) is 0 Å². The summed E-state index contributed by atoms with van der Waals surface area (Å²) >= 11 is 0. The SMILES string of the molecule is O=C(O)c1cc(F)ccc1N1CC2(CCCCCC2)C1. The average Bonchev–Trinajstić information content (AvgIpc) is 2.62. The van der Waals surface area contributed by atoms with Crippen molar-refractivity contribution < 1.29 is 14.3 Å². The number of hydrogen-bond donors (Lipinski definition) is 1. The number of aromatic carboxylic acids is 1. The molecule has 2 fully saturated rings. The second kappa shape index (κ2) is 5.08. The van der Waals surface area contributed by atoms with Gasteiger partial charge in [0.25, 0.3) is 0 Å². The number of carboxylic acid groups (broad SMARTS) is 1. The van der Waals surface area contributed by atoms with E-state index in [9.17, 15) is 14.3 Å². The highest BCUT2D eigenvalue weighted by atomic mass is 19.1. The van der Waals surface area contributed by atoms with Crippen LogP contribution in [0.5, 0.6) is 0 Å². The molecular formula is C16H20FNO2. The second-order valence-electron chi connectivity index (χ2n) is 6.24. The predicted octanol–water partition coefficient (Wildman–Crippen LogP) is 3.68. The van der Waals surface area contributed by atoms with Crippen LogP contribution in [0.4, 0.5) is 10.1 Å². The van der Waals surface area contributed by atoms with Gasteiger partial charge >= 0.3 is 5.97 Å². The Kier molecular flexibility index (Phi) is 3.40. The molecule has 108 valence electrons. The third-order valence-electron chi connectivity index (χ3n) is 4.75. The van der Waals surface area contributed by atoms with Gasteiger partial charge in [-0.3, -0.25) is 0 Å². The van der Waals surface area contributed by atoms with E-state index >= 15 is 0 Å². The van der Waals surface area contributed by atoms with E-state index < -0.39 is 11.8 Å². The quantitative estimate of drug-likeness (QED) is 0.896. The van der Waals surface area contributed by atoms with Crippen LogP contribution in [0.1, 0.15) is 48.9 Å². The normalized spacial score (nSPS) is 21.4. The highest BCUT2D eigenvalue weighted by molar-refractivity contribution is 5.94. The molecule has 1 saturated heterocycles. The third-order valence-corrected chi connectivity index (χ3v) is 4.75. The van der Waals surface area contributed by atoms with Crippen molar-refractivity contribution in [1.29, 1.82) is 0 Å². The molecule has 20 heavy (non-hydrogen) atoms. The van der Waals surface area contributed by atoms with E-state index in [1.165, 1.54) is 44.6 Å². The summed E-state index contributed by atoms with van der Waals surface area (Å²) in [7, 11) is 0. The van der Waals surface area contributed by atoms with Crippen molar-refractivity contribution in [1.82, 2.24) is 0 Å². The molecule has 1 aromatic carbocycles. The van der Waals surface area contributed by atoms with Gasteiger partial charge in [-0.25, -0.2) is 9.18 Å². The lowest BCUT2D eigenvalue weighted by Crippen LogP contribution is -2.56. The van der Waals surface area contributed by atoms with E-state index in [2.05, 4.69) is 4.90 Å². The van der Waals surface area contributed by atoms with Gasteiger partial charge in [0.2, 0.25) is 0 Å². The first-order chi connectivity index (χ1) is 9.60. The maximum atomic E-state index is 13.2. The fourth-order valence-electron chi connectivity index (χ4n) is 3.68. The van der Waals surface area contributed by atoms with Crippen molar-refractivity contribution in [3.8, 4) is 0 Å². The zero-order valence-corrected chi connectivity index (χ0v) is 11.6. The average molecular weight is 277 g/mol. The molecule has 1 aliphatic carbocycles. The maximum absolute atomic E-state index is 13.2. The monoisotopic (exact) mass is 277 g/mol. The van der Waals surface area contributed by atoms with E-state index in [1.54, 1.807) is 6.07 Å². The summed E-state index contributed by atoms with van der Waals surface area (Å²) in [6, 6.07) is 4.07. The highest BCUT2D eigenvalue weighted by Crippen LogP contribution is 2.45. The lowest BCUT2D eigenvalue weighted by Gasteiger charge is -2.52. The molecule has 4 heteroatoms. The largest absolute Gasteiger partial charge is 0.478 e. The molecule has 0 unspecified atom stereocenters. The Bertz CT molecular complexity index is 513. The van der Waals surface area contributed by atoms with Gasteiger partial charge in [0.1, 0.15) is 5.82 Å². The first-order valence-corrected chi connectivity index (χ1v) is 7.38. The molecule has 1 aliphatic heterocycles. The summed E-state index contributed by atoms with van der Waals surface area (Å²) in [6.45, 7) is 1.83. The number of rotatable bonds is 2. The first kappa shape index (κ1) is 13.4. The molecule has 1 saturated carbocycles. The Labute approximate surface area is 118 Å². The van der Waals surface area contributed by atoms with Gasteiger partial charge in [-0.2, -0.15) is 0 Å². The summed E-state index contributed by atoms with van der Waals surface area (Å²) in [4.78, 5) is 13.3. The zero-order chi connectivity index (χ0) is 14.2. The van der Waals surface area contributed by atoms with Gasteiger partial charge in [-0.05, 0) is 31.0 Å². The van der Waals surface area contributed by atoms with E-state index in [1.807, 2.05) is 0 Å². The number of carboxylic acids is 1. The van der Waals surface area contributed by atoms with Crippen molar-refractivity contribution in [3.05, 3.63) is 29.6 Å². The Morgan fingerprint density at radius 3 is 2.40 bits per heavy atom. The zero-order valence-electron chi connectivity index (χ0n) is 11.6. The van der Waals surface area contributed by atoms with Crippen molar-refractivity contribution in [3.63, 3.8) is 0 Å². The smallest absolute Gasteiger partial charge is 0.337 e. The Balaban J connectivity index is 1.78. The number of halogens is 1. The number of nitrogens with zero attached hydrogens (tertiary/aromatic N) is 1. The molecule has 1 aromatic rings. The number of carbonyl (C=O) groups is 1. The van der Waals surface area contributed by atoms with Crippen LogP contribution in [0.15, 0.2) is 18.2 Å². The van der Waals surface area contributed by atoms with Crippen molar-refractivity contribution in [2.24, 2.45) is 5.41 Å². The van der Waals surface area contributed by atoms with Crippen LogP contribution in [-0.2, 0) is 0 Å². The van der Waals surface area contributed by atoms with E-state index in [0.717, 1.165) is 19.2 Å². The molecule has 0 amide bonds. The van der Waals surface area contributed by atoms with Crippen molar-refractivity contribution in [2.45, 2.75) is 38.5 Å². The number of hydrogen-bond acceptors (Lipinski definition) is 2. The summed E-state index contributed by atoms with van der Waals surface area (Å²) < 4.78 is 13.2. The lowest BCUT2D eigenvalue weighted by molar-refractivity contribution is 0.0695. The minimum absolute atomic E-state index is 0.0773. The Hall–Kier alpha value is -1.58. The van der Waals surface area contributed by atoms with Crippen LogP contribution in [0, 0.1) is 11.2 Å². The molecule has 1 heterocycles. The van der Waals surface area contributed by atoms with Crippen molar-refractivity contribution >= 4 is 11.7 Å².